The maximum Gasteiger partial charge on any atom is 0.409 e. The summed E-state index contributed by atoms with van der Waals surface area (Å²) in [7, 11) is -1.82. The number of carbonyl (C=O) groups excluding carboxylic acids is 1. The van der Waals surface area contributed by atoms with Gasteiger partial charge in [-0.3, -0.25) is 0 Å². The zero-order valence-corrected chi connectivity index (χ0v) is 9.71. The van der Waals surface area contributed by atoms with Crippen LogP contribution in [0.3, 0.4) is 0 Å². The largest absolute Gasteiger partial charge is 0.453 e. The van der Waals surface area contributed by atoms with Gasteiger partial charge in [0.2, 0.25) is 10.0 Å². The van der Waals surface area contributed by atoms with E-state index in [1.807, 2.05) is 0 Å². The molecule has 1 fully saturated rings. The summed E-state index contributed by atoms with van der Waals surface area (Å²) in [5, 5.41) is 0. The molecule has 0 atom stereocenters. The second kappa shape index (κ2) is 4.80. The van der Waals surface area contributed by atoms with Gasteiger partial charge in [0.15, 0.2) is 0 Å². The van der Waals surface area contributed by atoms with Crippen LogP contribution < -0.4 is 4.72 Å². The monoisotopic (exact) mass is 236 g/mol. The number of carbonyl (C=O) groups is 1. The van der Waals surface area contributed by atoms with Crippen LogP contribution in [0.4, 0.5) is 4.79 Å². The van der Waals surface area contributed by atoms with Crippen molar-refractivity contribution in [3.8, 4) is 0 Å². The van der Waals surface area contributed by atoms with Gasteiger partial charge in [0.05, 0.1) is 13.4 Å². The maximum atomic E-state index is 11.1. The number of amides is 1. The Morgan fingerprint density at radius 2 is 1.93 bits per heavy atom. The van der Waals surface area contributed by atoms with Gasteiger partial charge in [-0.15, -0.1) is 0 Å². The van der Waals surface area contributed by atoms with E-state index in [0.29, 0.717) is 25.9 Å². The molecule has 1 aliphatic heterocycles. The van der Waals surface area contributed by atoms with Gasteiger partial charge in [0, 0.05) is 19.1 Å². The molecule has 0 aromatic rings. The first-order valence-electron chi connectivity index (χ1n) is 4.72. The van der Waals surface area contributed by atoms with E-state index in [9.17, 15) is 13.2 Å². The molecule has 0 aromatic carbocycles. The molecule has 6 nitrogen and oxygen atoms in total. The predicted octanol–water partition coefficient (Wildman–Crippen LogP) is -0.234. The molecule has 0 bridgehead atoms. The summed E-state index contributed by atoms with van der Waals surface area (Å²) in [5.74, 6) is 0. The van der Waals surface area contributed by atoms with Gasteiger partial charge in [-0.1, -0.05) is 0 Å². The average molecular weight is 236 g/mol. The van der Waals surface area contributed by atoms with Gasteiger partial charge in [-0.05, 0) is 12.8 Å². The molecule has 0 unspecified atom stereocenters. The molecule has 1 heterocycles. The van der Waals surface area contributed by atoms with Gasteiger partial charge in [-0.25, -0.2) is 17.9 Å². The van der Waals surface area contributed by atoms with Crippen LogP contribution >= 0.6 is 0 Å². The molecule has 0 saturated carbocycles. The third-order valence-electron chi connectivity index (χ3n) is 2.31. The van der Waals surface area contributed by atoms with E-state index in [0.717, 1.165) is 6.26 Å². The van der Waals surface area contributed by atoms with E-state index in [4.69, 9.17) is 0 Å². The van der Waals surface area contributed by atoms with Crippen molar-refractivity contribution in [2.75, 3.05) is 26.5 Å². The van der Waals surface area contributed by atoms with Crippen LogP contribution in [-0.4, -0.2) is 51.9 Å². The van der Waals surface area contributed by atoms with E-state index < -0.39 is 10.0 Å². The number of hydrogen-bond acceptors (Lipinski definition) is 4. The number of ether oxygens (including phenoxy) is 1. The fraction of sp³-hybridized carbons (Fsp3) is 0.875. The van der Waals surface area contributed by atoms with Crippen molar-refractivity contribution in [3.05, 3.63) is 0 Å². The summed E-state index contributed by atoms with van der Waals surface area (Å²) in [6, 6.07) is -0.0686. The molecule has 1 rings (SSSR count). The summed E-state index contributed by atoms with van der Waals surface area (Å²) in [6.07, 6.45) is 2.04. The molecule has 1 N–H and O–H groups in total. The smallest absolute Gasteiger partial charge is 0.409 e. The van der Waals surface area contributed by atoms with Crippen molar-refractivity contribution in [2.24, 2.45) is 0 Å². The lowest BCUT2D eigenvalue weighted by Crippen LogP contribution is -2.46. The zero-order chi connectivity index (χ0) is 11.5. The van der Waals surface area contributed by atoms with Gasteiger partial charge in [0.25, 0.3) is 0 Å². The number of likely N-dealkylation sites (tertiary alicyclic amines) is 1. The highest BCUT2D eigenvalue weighted by atomic mass is 32.2. The van der Waals surface area contributed by atoms with Crippen LogP contribution in [0.15, 0.2) is 0 Å². The van der Waals surface area contributed by atoms with Crippen LogP contribution in [0.2, 0.25) is 0 Å². The van der Waals surface area contributed by atoms with Gasteiger partial charge < -0.3 is 9.64 Å². The highest BCUT2D eigenvalue weighted by molar-refractivity contribution is 7.88. The molecular formula is C8H16N2O4S. The van der Waals surface area contributed by atoms with Crippen molar-refractivity contribution in [1.29, 1.82) is 0 Å². The molecule has 0 aromatic heterocycles. The Morgan fingerprint density at radius 1 is 1.40 bits per heavy atom. The summed E-state index contributed by atoms with van der Waals surface area (Å²) in [4.78, 5) is 12.7. The lowest BCUT2D eigenvalue weighted by Gasteiger charge is -2.30. The van der Waals surface area contributed by atoms with Gasteiger partial charge >= 0.3 is 6.09 Å². The fourth-order valence-electron chi connectivity index (χ4n) is 1.61. The Labute approximate surface area is 89.6 Å². The Hall–Kier alpha value is -0.820. The SMILES string of the molecule is COC(=O)N1CCC(NS(C)(=O)=O)CC1. The molecule has 1 aliphatic rings. The topological polar surface area (TPSA) is 75.7 Å². The first-order chi connectivity index (χ1) is 6.92. The average Bonchev–Trinajstić information content (AvgIpc) is 2.15. The molecule has 1 amide bonds. The number of nitrogens with zero attached hydrogens (tertiary/aromatic N) is 1. The normalized spacial score (nSPS) is 18.9. The Balaban J connectivity index is 2.39. The van der Waals surface area contributed by atoms with E-state index in [1.54, 1.807) is 4.90 Å². The van der Waals surface area contributed by atoms with Gasteiger partial charge in [0.1, 0.15) is 0 Å². The highest BCUT2D eigenvalue weighted by Crippen LogP contribution is 2.11. The van der Waals surface area contributed by atoms with Crippen molar-refractivity contribution < 1.29 is 17.9 Å². The lowest BCUT2D eigenvalue weighted by atomic mass is 10.1. The lowest BCUT2D eigenvalue weighted by molar-refractivity contribution is 0.111. The Kier molecular flexibility index (Phi) is 3.92. The van der Waals surface area contributed by atoms with Crippen molar-refractivity contribution in [3.63, 3.8) is 0 Å². The minimum Gasteiger partial charge on any atom is -0.453 e. The summed E-state index contributed by atoms with van der Waals surface area (Å²) in [5.41, 5.74) is 0. The molecule has 88 valence electrons. The van der Waals surface area contributed by atoms with Crippen molar-refractivity contribution in [1.82, 2.24) is 9.62 Å². The summed E-state index contributed by atoms with van der Waals surface area (Å²) >= 11 is 0. The van der Waals surface area contributed by atoms with E-state index in [1.165, 1.54) is 7.11 Å². The first kappa shape index (κ1) is 12.3. The van der Waals surface area contributed by atoms with Crippen molar-refractivity contribution >= 4 is 16.1 Å². The molecule has 0 radical (unpaired) electrons. The predicted molar refractivity (Wildman–Crippen MR) is 55.0 cm³/mol. The molecule has 15 heavy (non-hydrogen) atoms. The zero-order valence-electron chi connectivity index (χ0n) is 8.89. The van der Waals surface area contributed by atoms with E-state index in [2.05, 4.69) is 9.46 Å². The van der Waals surface area contributed by atoms with Crippen LogP contribution in [0, 0.1) is 0 Å². The van der Waals surface area contributed by atoms with Crippen LogP contribution in [0.25, 0.3) is 0 Å². The third-order valence-corrected chi connectivity index (χ3v) is 3.07. The number of nitrogens with one attached hydrogen (secondary N) is 1. The number of piperidine rings is 1. The first-order valence-corrected chi connectivity index (χ1v) is 6.61. The minimum atomic E-state index is -3.15. The second-order valence-electron chi connectivity index (χ2n) is 3.62. The Bertz CT molecular complexity index is 320. The summed E-state index contributed by atoms with van der Waals surface area (Å²) in [6.45, 7) is 1.06. The van der Waals surface area contributed by atoms with Crippen molar-refractivity contribution in [2.45, 2.75) is 18.9 Å². The summed E-state index contributed by atoms with van der Waals surface area (Å²) < 4.78 is 29.0. The van der Waals surface area contributed by atoms with Crippen LogP contribution in [-0.2, 0) is 14.8 Å². The fourth-order valence-corrected chi connectivity index (χ4v) is 2.45. The Morgan fingerprint density at radius 3 is 2.33 bits per heavy atom. The number of sulfonamides is 1. The quantitative estimate of drug-likeness (QED) is 0.718. The molecule has 0 spiro atoms. The third kappa shape index (κ3) is 4.05. The van der Waals surface area contributed by atoms with E-state index in [-0.39, 0.29) is 12.1 Å². The van der Waals surface area contributed by atoms with E-state index >= 15 is 0 Å². The maximum absolute atomic E-state index is 11.1. The van der Waals surface area contributed by atoms with Crippen LogP contribution in [0.1, 0.15) is 12.8 Å². The van der Waals surface area contributed by atoms with Gasteiger partial charge in [-0.2, -0.15) is 0 Å². The minimum absolute atomic E-state index is 0.0686. The molecule has 7 heteroatoms. The number of hydrogen-bond donors (Lipinski definition) is 1. The highest BCUT2D eigenvalue weighted by Gasteiger charge is 2.24. The molecule has 0 aliphatic carbocycles. The second-order valence-corrected chi connectivity index (χ2v) is 5.40. The number of methoxy groups -OCH3 is 1. The molecule has 1 saturated heterocycles. The standard InChI is InChI=1S/C8H16N2O4S/c1-14-8(11)10-5-3-7(4-6-10)9-15(2,12)13/h7,9H,3-6H2,1-2H3. The number of rotatable bonds is 2. The van der Waals surface area contributed by atoms with Crippen LogP contribution in [0.5, 0.6) is 0 Å². The molecular weight excluding hydrogens is 220 g/mol.